The fraction of sp³-hybridized carbons (Fsp3) is 0.188. The molecule has 1 amide bonds. The van der Waals surface area contributed by atoms with Crippen LogP contribution in [0.3, 0.4) is 0 Å². The first-order chi connectivity index (χ1) is 12.2. The van der Waals surface area contributed by atoms with E-state index in [0.29, 0.717) is 10.6 Å². The van der Waals surface area contributed by atoms with Crippen molar-refractivity contribution < 1.29 is 18.1 Å². The number of carbonyl (C=O) groups excluding carboxylic acids is 1. The van der Waals surface area contributed by atoms with Crippen LogP contribution in [0.2, 0.25) is 0 Å². The summed E-state index contributed by atoms with van der Waals surface area (Å²) in [5, 5.41) is 13.6. The fourth-order valence-electron chi connectivity index (χ4n) is 2.28. The van der Waals surface area contributed by atoms with Gasteiger partial charge in [-0.25, -0.2) is 8.42 Å². The molecule has 0 fully saturated rings. The lowest BCUT2D eigenvalue weighted by Gasteiger charge is -2.13. The van der Waals surface area contributed by atoms with Crippen LogP contribution in [0, 0.1) is 17.0 Å². The third-order valence-corrected chi connectivity index (χ3v) is 5.70. The molecule has 2 rings (SSSR count). The molecule has 0 aliphatic carbocycles. The van der Waals surface area contributed by atoms with Gasteiger partial charge in [-0.15, -0.1) is 11.8 Å². The molecule has 0 saturated carbocycles. The van der Waals surface area contributed by atoms with Crippen molar-refractivity contribution in [2.24, 2.45) is 0 Å². The maximum atomic E-state index is 12.7. The average Bonchev–Trinajstić information content (AvgIpc) is 2.55. The van der Waals surface area contributed by atoms with Gasteiger partial charge >= 0.3 is 0 Å². The number of benzene rings is 2. The minimum Gasteiger partial charge on any atom is -0.325 e. The lowest BCUT2D eigenvalue weighted by Crippen LogP contribution is -2.15. The molecule has 2 aromatic carbocycles. The Hall–Kier alpha value is -2.59. The van der Waals surface area contributed by atoms with E-state index in [9.17, 15) is 23.3 Å². The standard InChI is InChI=1S/C16H17N3O5S2/c1-10-13(5-4-6-15(10)19(21)22)18-26(23,24)12-7-8-16(25-3)14(9-12)17-11(2)20/h4-9,18H,1-3H3,(H,17,20). The summed E-state index contributed by atoms with van der Waals surface area (Å²) in [5.74, 6) is -0.322. The molecule has 2 N–H and O–H groups in total. The number of rotatable bonds is 6. The summed E-state index contributed by atoms with van der Waals surface area (Å²) in [6, 6.07) is 8.50. The number of anilines is 2. The minimum atomic E-state index is -3.99. The molecule has 0 spiro atoms. The summed E-state index contributed by atoms with van der Waals surface area (Å²) >= 11 is 1.36. The van der Waals surface area contributed by atoms with E-state index in [1.54, 1.807) is 12.3 Å². The second-order valence-electron chi connectivity index (χ2n) is 5.36. The van der Waals surface area contributed by atoms with Crippen molar-refractivity contribution in [1.29, 1.82) is 0 Å². The van der Waals surface area contributed by atoms with Gasteiger partial charge in [0.05, 0.1) is 26.8 Å². The quantitative estimate of drug-likeness (QED) is 0.440. The van der Waals surface area contributed by atoms with Crippen LogP contribution >= 0.6 is 11.8 Å². The molecule has 10 heteroatoms. The van der Waals surface area contributed by atoms with Crippen LogP contribution in [0.4, 0.5) is 17.1 Å². The van der Waals surface area contributed by atoms with Gasteiger partial charge in [0.15, 0.2) is 0 Å². The first-order valence-electron chi connectivity index (χ1n) is 7.38. The number of nitro benzene ring substituents is 1. The molecule has 2 aromatic rings. The Balaban J connectivity index is 2.44. The third-order valence-electron chi connectivity index (χ3n) is 3.54. The molecule has 0 aliphatic heterocycles. The number of carbonyl (C=O) groups is 1. The van der Waals surface area contributed by atoms with Crippen LogP contribution < -0.4 is 10.0 Å². The van der Waals surface area contributed by atoms with E-state index in [4.69, 9.17) is 0 Å². The topological polar surface area (TPSA) is 118 Å². The zero-order valence-corrected chi connectivity index (χ0v) is 15.9. The highest BCUT2D eigenvalue weighted by Crippen LogP contribution is 2.31. The van der Waals surface area contributed by atoms with Gasteiger partial charge in [-0.05, 0) is 37.4 Å². The smallest absolute Gasteiger partial charge is 0.274 e. The molecule has 0 heterocycles. The third kappa shape index (κ3) is 4.33. The number of hydrogen-bond acceptors (Lipinski definition) is 6. The molecule has 0 bridgehead atoms. The molecule has 138 valence electrons. The Labute approximate surface area is 155 Å². The molecular formula is C16H17N3O5S2. The fourth-order valence-corrected chi connectivity index (χ4v) is 3.96. The van der Waals surface area contributed by atoms with E-state index in [1.165, 1.54) is 55.9 Å². The van der Waals surface area contributed by atoms with Gasteiger partial charge in [-0.2, -0.15) is 0 Å². The second-order valence-corrected chi connectivity index (χ2v) is 7.89. The molecule has 0 radical (unpaired) electrons. The van der Waals surface area contributed by atoms with Crippen molar-refractivity contribution in [3.8, 4) is 0 Å². The molecule has 8 nitrogen and oxygen atoms in total. The molecular weight excluding hydrogens is 378 g/mol. The Morgan fingerprint density at radius 1 is 1.19 bits per heavy atom. The van der Waals surface area contributed by atoms with Gasteiger partial charge < -0.3 is 5.32 Å². The van der Waals surface area contributed by atoms with Crippen molar-refractivity contribution in [2.45, 2.75) is 23.6 Å². The predicted molar refractivity (Wildman–Crippen MR) is 101 cm³/mol. The van der Waals surface area contributed by atoms with E-state index >= 15 is 0 Å². The molecule has 0 aromatic heterocycles. The lowest BCUT2D eigenvalue weighted by atomic mass is 10.2. The van der Waals surface area contributed by atoms with Gasteiger partial charge in [-0.3, -0.25) is 19.6 Å². The summed E-state index contributed by atoms with van der Waals surface area (Å²) in [7, 11) is -3.99. The van der Waals surface area contributed by atoms with Crippen molar-refractivity contribution in [1.82, 2.24) is 0 Å². The van der Waals surface area contributed by atoms with Crippen molar-refractivity contribution in [3.05, 3.63) is 52.1 Å². The number of sulfonamides is 1. The summed E-state index contributed by atoms with van der Waals surface area (Å²) in [4.78, 5) is 22.4. The summed E-state index contributed by atoms with van der Waals surface area (Å²) < 4.78 is 27.7. The zero-order chi connectivity index (χ0) is 19.5. The predicted octanol–water partition coefficient (Wildman–Crippen LogP) is 3.38. The van der Waals surface area contributed by atoms with Crippen LogP contribution in [-0.4, -0.2) is 25.5 Å². The van der Waals surface area contributed by atoms with E-state index < -0.39 is 14.9 Å². The zero-order valence-electron chi connectivity index (χ0n) is 14.3. The number of nitrogens with zero attached hydrogens (tertiary/aromatic N) is 1. The summed E-state index contributed by atoms with van der Waals surface area (Å²) in [6.45, 7) is 2.80. The molecule has 0 aliphatic rings. The monoisotopic (exact) mass is 395 g/mol. The minimum absolute atomic E-state index is 0.0649. The first-order valence-corrected chi connectivity index (χ1v) is 10.1. The van der Waals surface area contributed by atoms with Crippen LogP contribution in [0.25, 0.3) is 0 Å². The Morgan fingerprint density at radius 3 is 2.46 bits per heavy atom. The summed E-state index contributed by atoms with van der Waals surface area (Å²) in [5.41, 5.74) is 0.531. The van der Waals surface area contributed by atoms with Gasteiger partial charge in [0, 0.05) is 17.9 Å². The van der Waals surface area contributed by atoms with Crippen molar-refractivity contribution in [2.75, 3.05) is 16.3 Å². The number of hydrogen-bond donors (Lipinski definition) is 2. The van der Waals surface area contributed by atoms with E-state index in [0.717, 1.165) is 0 Å². The van der Waals surface area contributed by atoms with Gasteiger partial charge in [0.2, 0.25) is 5.91 Å². The van der Waals surface area contributed by atoms with Crippen LogP contribution in [0.15, 0.2) is 46.2 Å². The maximum absolute atomic E-state index is 12.7. The maximum Gasteiger partial charge on any atom is 0.274 e. The number of nitrogens with one attached hydrogen (secondary N) is 2. The van der Waals surface area contributed by atoms with E-state index in [-0.39, 0.29) is 27.7 Å². The highest BCUT2D eigenvalue weighted by atomic mass is 32.2. The van der Waals surface area contributed by atoms with Crippen molar-refractivity contribution in [3.63, 3.8) is 0 Å². The lowest BCUT2D eigenvalue weighted by molar-refractivity contribution is -0.385. The molecule has 0 unspecified atom stereocenters. The van der Waals surface area contributed by atoms with Gasteiger partial charge in [0.1, 0.15) is 0 Å². The van der Waals surface area contributed by atoms with Crippen LogP contribution in [-0.2, 0) is 14.8 Å². The molecule has 26 heavy (non-hydrogen) atoms. The summed E-state index contributed by atoms with van der Waals surface area (Å²) in [6.07, 6.45) is 1.81. The Kier molecular flexibility index (Phi) is 5.88. The second kappa shape index (κ2) is 7.75. The van der Waals surface area contributed by atoms with E-state index in [2.05, 4.69) is 10.0 Å². The number of thioether (sulfide) groups is 1. The van der Waals surface area contributed by atoms with Crippen LogP contribution in [0.1, 0.15) is 12.5 Å². The Bertz CT molecular complexity index is 974. The van der Waals surface area contributed by atoms with Gasteiger partial charge in [0.25, 0.3) is 15.7 Å². The normalized spacial score (nSPS) is 11.0. The SMILES string of the molecule is CSc1ccc(S(=O)(=O)Nc2cccc([N+](=O)[O-])c2C)cc1NC(C)=O. The molecule has 0 atom stereocenters. The highest BCUT2D eigenvalue weighted by molar-refractivity contribution is 7.98. The van der Waals surface area contributed by atoms with Gasteiger partial charge in [-0.1, -0.05) is 6.07 Å². The first kappa shape index (κ1) is 19.7. The van der Waals surface area contributed by atoms with E-state index in [1.807, 2.05) is 0 Å². The van der Waals surface area contributed by atoms with Crippen molar-refractivity contribution >= 4 is 44.8 Å². The number of amides is 1. The van der Waals surface area contributed by atoms with Crippen LogP contribution in [0.5, 0.6) is 0 Å². The molecule has 0 saturated heterocycles. The number of nitro groups is 1. The average molecular weight is 395 g/mol. The highest BCUT2D eigenvalue weighted by Gasteiger charge is 2.20. The largest absolute Gasteiger partial charge is 0.325 e. The Morgan fingerprint density at radius 2 is 1.88 bits per heavy atom.